The van der Waals surface area contributed by atoms with E-state index in [1.165, 1.54) is 0 Å². The van der Waals surface area contributed by atoms with Crippen LogP contribution in [0.15, 0.2) is 65.7 Å². The Hall–Kier alpha value is -1.91. The van der Waals surface area contributed by atoms with Crippen LogP contribution in [0, 0.1) is 12.8 Å². The summed E-state index contributed by atoms with van der Waals surface area (Å²) in [7, 11) is 0. The van der Waals surface area contributed by atoms with Crippen LogP contribution < -0.4 is 0 Å². The lowest BCUT2D eigenvalue weighted by atomic mass is 9.91. The average Bonchev–Trinajstić information content (AvgIpc) is 2.62. The van der Waals surface area contributed by atoms with E-state index in [2.05, 4.69) is 22.5 Å². The van der Waals surface area contributed by atoms with Crippen LogP contribution >= 0.6 is 15.9 Å². The predicted molar refractivity (Wildman–Crippen MR) is 103 cm³/mol. The Labute approximate surface area is 157 Å². The molecule has 0 bridgehead atoms. The lowest BCUT2D eigenvalue weighted by molar-refractivity contribution is -0.145. The largest absolute Gasteiger partial charge is 0.461 e. The number of hydrogen-bond donors (Lipinski definition) is 1. The van der Waals surface area contributed by atoms with Crippen molar-refractivity contribution in [2.45, 2.75) is 32.5 Å². The van der Waals surface area contributed by atoms with Gasteiger partial charge in [0.25, 0.3) is 0 Å². The van der Waals surface area contributed by atoms with Gasteiger partial charge in [0, 0.05) is 16.8 Å². The van der Waals surface area contributed by atoms with Crippen molar-refractivity contribution in [1.82, 2.24) is 0 Å². The summed E-state index contributed by atoms with van der Waals surface area (Å²) in [5, 5.41) is 10.5. The molecular weight excluding hydrogens is 380 g/mol. The monoisotopic (exact) mass is 402 g/mol. The van der Waals surface area contributed by atoms with E-state index in [1.807, 2.05) is 55.5 Å². The second-order valence-electron chi connectivity index (χ2n) is 6.08. The molecule has 0 fully saturated rings. The van der Waals surface area contributed by atoms with Gasteiger partial charge < -0.3 is 9.84 Å². The third-order valence-corrected chi connectivity index (χ3v) is 4.65. The molecule has 132 valence electrons. The molecule has 0 heterocycles. The van der Waals surface area contributed by atoms with Crippen LogP contribution in [0.2, 0.25) is 0 Å². The number of aryl methyl sites for hydroxylation is 1. The summed E-state index contributed by atoms with van der Waals surface area (Å²) in [5.74, 6) is -0.464. The minimum Gasteiger partial charge on any atom is -0.461 e. The second-order valence-corrected chi connectivity index (χ2v) is 7.00. The summed E-state index contributed by atoms with van der Waals surface area (Å²) in [5.41, 5.74) is 2.91. The molecule has 0 radical (unpaired) electrons. The quantitative estimate of drug-likeness (QED) is 0.492. The van der Waals surface area contributed by atoms with E-state index in [0.29, 0.717) is 6.42 Å². The number of aliphatic hydroxyl groups is 1. The van der Waals surface area contributed by atoms with Crippen LogP contribution in [0.1, 0.15) is 35.6 Å². The van der Waals surface area contributed by atoms with Gasteiger partial charge in [-0.15, -0.1) is 6.58 Å². The highest BCUT2D eigenvalue weighted by Crippen LogP contribution is 2.27. The number of rotatable bonds is 8. The number of hydrogen-bond acceptors (Lipinski definition) is 3. The highest BCUT2D eigenvalue weighted by atomic mass is 79.9. The summed E-state index contributed by atoms with van der Waals surface area (Å²) in [6.07, 6.45) is 1.78. The Bertz CT molecular complexity index is 692. The van der Waals surface area contributed by atoms with Crippen molar-refractivity contribution in [3.05, 3.63) is 82.3 Å². The molecule has 4 heteroatoms. The van der Waals surface area contributed by atoms with E-state index in [9.17, 15) is 9.90 Å². The topological polar surface area (TPSA) is 46.5 Å². The van der Waals surface area contributed by atoms with Gasteiger partial charge >= 0.3 is 5.97 Å². The molecule has 2 rings (SSSR count). The maximum absolute atomic E-state index is 12.0. The van der Waals surface area contributed by atoms with Crippen molar-refractivity contribution in [3.8, 4) is 0 Å². The van der Waals surface area contributed by atoms with Gasteiger partial charge in [0.15, 0.2) is 0 Å². The Morgan fingerprint density at radius 1 is 1.20 bits per heavy atom. The van der Waals surface area contributed by atoms with E-state index in [-0.39, 0.29) is 24.9 Å². The number of benzene rings is 2. The molecule has 2 aromatic carbocycles. The molecule has 0 unspecified atom stereocenters. The van der Waals surface area contributed by atoms with E-state index in [0.717, 1.165) is 21.2 Å². The first-order valence-electron chi connectivity index (χ1n) is 8.27. The zero-order valence-corrected chi connectivity index (χ0v) is 15.9. The maximum Gasteiger partial charge on any atom is 0.306 e. The van der Waals surface area contributed by atoms with Gasteiger partial charge in [0.05, 0.1) is 6.10 Å². The van der Waals surface area contributed by atoms with Gasteiger partial charge in [0.2, 0.25) is 0 Å². The summed E-state index contributed by atoms with van der Waals surface area (Å²) in [6, 6.07) is 15.4. The first-order chi connectivity index (χ1) is 12.0. The van der Waals surface area contributed by atoms with Crippen molar-refractivity contribution in [2.24, 2.45) is 5.92 Å². The maximum atomic E-state index is 12.0. The minimum atomic E-state index is -0.669. The Morgan fingerprint density at radius 2 is 1.84 bits per heavy atom. The fourth-order valence-corrected chi connectivity index (χ4v) is 2.78. The zero-order valence-electron chi connectivity index (χ0n) is 14.3. The molecular formula is C21H23BrO3. The van der Waals surface area contributed by atoms with Gasteiger partial charge in [-0.05, 0) is 36.6 Å². The molecule has 2 aromatic rings. The Balaban J connectivity index is 1.82. The number of carbonyl (C=O) groups excluding carboxylic acids is 1. The Kier molecular flexibility index (Phi) is 7.41. The van der Waals surface area contributed by atoms with Gasteiger partial charge in [-0.3, -0.25) is 4.79 Å². The lowest BCUT2D eigenvalue weighted by Gasteiger charge is -2.20. The smallest absolute Gasteiger partial charge is 0.306 e. The van der Waals surface area contributed by atoms with E-state index in [4.69, 9.17) is 4.74 Å². The first-order valence-corrected chi connectivity index (χ1v) is 9.06. The molecule has 0 aliphatic carbocycles. The van der Waals surface area contributed by atoms with Gasteiger partial charge in [-0.25, -0.2) is 0 Å². The van der Waals surface area contributed by atoms with Crippen LogP contribution in [0.4, 0.5) is 0 Å². The summed E-state index contributed by atoms with van der Waals surface area (Å²) < 4.78 is 6.28. The summed E-state index contributed by atoms with van der Waals surface area (Å²) in [6.45, 7) is 6.05. The van der Waals surface area contributed by atoms with Crippen LogP contribution in [0.25, 0.3) is 0 Å². The van der Waals surface area contributed by atoms with Gasteiger partial charge in [0.1, 0.15) is 6.61 Å². The van der Waals surface area contributed by atoms with Gasteiger partial charge in [-0.2, -0.15) is 0 Å². The number of aliphatic hydroxyl groups excluding tert-OH is 1. The van der Waals surface area contributed by atoms with Crippen molar-refractivity contribution < 1.29 is 14.6 Å². The second kappa shape index (κ2) is 9.54. The molecule has 0 amide bonds. The van der Waals surface area contributed by atoms with E-state index in [1.54, 1.807) is 6.08 Å². The molecule has 2 atom stereocenters. The van der Waals surface area contributed by atoms with Crippen LogP contribution in [0.3, 0.4) is 0 Å². The highest BCUT2D eigenvalue weighted by Gasteiger charge is 2.19. The molecule has 25 heavy (non-hydrogen) atoms. The molecule has 3 nitrogen and oxygen atoms in total. The van der Waals surface area contributed by atoms with E-state index < -0.39 is 6.10 Å². The summed E-state index contributed by atoms with van der Waals surface area (Å²) in [4.78, 5) is 12.0. The van der Waals surface area contributed by atoms with E-state index >= 15 is 0 Å². The van der Waals surface area contributed by atoms with Crippen LogP contribution in [-0.4, -0.2) is 11.1 Å². The third-order valence-electron chi connectivity index (χ3n) is 4.12. The van der Waals surface area contributed by atoms with Crippen LogP contribution in [-0.2, 0) is 16.1 Å². The SMILES string of the molecule is C=C[C@@H](CCC(=O)OCc1ccc(Br)cc1)[C@@H](O)c1ccc(C)cc1. The first kappa shape index (κ1) is 19.4. The van der Waals surface area contributed by atoms with Crippen molar-refractivity contribution in [2.75, 3.05) is 0 Å². The molecule has 0 aromatic heterocycles. The number of halogens is 1. The number of esters is 1. The zero-order chi connectivity index (χ0) is 18.2. The van der Waals surface area contributed by atoms with Gasteiger partial charge in [-0.1, -0.05) is 64.0 Å². The fourth-order valence-electron chi connectivity index (χ4n) is 2.52. The predicted octanol–water partition coefficient (Wildman–Crippen LogP) is 5.12. The minimum absolute atomic E-state index is 0.192. The molecule has 1 N–H and O–H groups in total. The van der Waals surface area contributed by atoms with Crippen molar-refractivity contribution in [3.63, 3.8) is 0 Å². The van der Waals surface area contributed by atoms with Crippen molar-refractivity contribution >= 4 is 21.9 Å². The molecule has 0 aliphatic rings. The standard InChI is InChI=1S/C21H23BrO3/c1-3-17(21(24)18-8-4-15(2)5-9-18)10-13-20(23)25-14-16-6-11-19(22)12-7-16/h3-9,11-12,17,21,24H,1,10,13-14H2,2H3/t17-,21+/m0/s1. The molecule has 0 saturated carbocycles. The highest BCUT2D eigenvalue weighted by molar-refractivity contribution is 9.10. The number of carbonyl (C=O) groups is 1. The molecule has 0 aliphatic heterocycles. The Morgan fingerprint density at radius 3 is 2.44 bits per heavy atom. The molecule has 0 saturated heterocycles. The van der Waals surface area contributed by atoms with Crippen molar-refractivity contribution in [1.29, 1.82) is 0 Å². The van der Waals surface area contributed by atoms with Crippen LogP contribution in [0.5, 0.6) is 0 Å². The normalized spacial score (nSPS) is 13.1. The molecule has 0 spiro atoms. The third kappa shape index (κ3) is 6.15. The lowest BCUT2D eigenvalue weighted by Crippen LogP contribution is -2.13. The summed E-state index contributed by atoms with van der Waals surface area (Å²) >= 11 is 3.37. The average molecular weight is 403 g/mol. The fraction of sp³-hybridized carbons (Fsp3) is 0.286. The number of ether oxygens (including phenoxy) is 1.